The number of rotatable bonds is 5. The van der Waals surface area contributed by atoms with E-state index in [4.69, 9.17) is 4.74 Å². The third-order valence-corrected chi connectivity index (χ3v) is 3.37. The Morgan fingerprint density at radius 2 is 2.00 bits per heavy atom. The van der Waals surface area contributed by atoms with E-state index < -0.39 is 0 Å². The SMILES string of the molecule is CCC(NC1CC=CC1)c1ccccc1OC. The van der Waals surface area contributed by atoms with E-state index in [1.165, 1.54) is 5.56 Å². The number of nitrogens with one attached hydrogen (secondary N) is 1. The summed E-state index contributed by atoms with van der Waals surface area (Å²) in [5, 5.41) is 3.71. The van der Waals surface area contributed by atoms with Gasteiger partial charge in [-0.15, -0.1) is 0 Å². The van der Waals surface area contributed by atoms with E-state index in [-0.39, 0.29) is 0 Å². The molecule has 0 aromatic heterocycles. The maximum Gasteiger partial charge on any atom is 0.123 e. The molecule has 0 aliphatic heterocycles. The van der Waals surface area contributed by atoms with Crippen molar-refractivity contribution in [1.29, 1.82) is 0 Å². The lowest BCUT2D eigenvalue weighted by atomic mass is 10.0. The summed E-state index contributed by atoms with van der Waals surface area (Å²) in [5.41, 5.74) is 1.27. The van der Waals surface area contributed by atoms with Crippen LogP contribution >= 0.6 is 0 Å². The number of para-hydroxylation sites is 1. The Balaban J connectivity index is 2.10. The fourth-order valence-electron chi connectivity index (χ4n) is 2.42. The summed E-state index contributed by atoms with van der Waals surface area (Å²) in [5.74, 6) is 0.984. The van der Waals surface area contributed by atoms with Gasteiger partial charge in [-0.05, 0) is 25.3 Å². The van der Waals surface area contributed by atoms with Crippen LogP contribution in [-0.4, -0.2) is 13.2 Å². The molecule has 92 valence electrons. The van der Waals surface area contributed by atoms with Gasteiger partial charge in [0.05, 0.1) is 7.11 Å². The zero-order valence-electron chi connectivity index (χ0n) is 10.6. The summed E-state index contributed by atoms with van der Waals surface area (Å²) < 4.78 is 5.44. The Hall–Kier alpha value is -1.28. The molecular weight excluding hydrogens is 210 g/mol. The van der Waals surface area contributed by atoms with E-state index >= 15 is 0 Å². The molecule has 0 saturated carbocycles. The summed E-state index contributed by atoms with van der Waals surface area (Å²) in [6.07, 6.45) is 7.88. The van der Waals surface area contributed by atoms with E-state index in [1.54, 1.807) is 7.11 Å². The van der Waals surface area contributed by atoms with Crippen LogP contribution in [0.4, 0.5) is 0 Å². The predicted octanol–water partition coefficient (Wildman–Crippen LogP) is 3.45. The zero-order valence-corrected chi connectivity index (χ0v) is 10.6. The highest BCUT2D eigenvalue weighted by Gasteiger charge is 2.18. The Labute approximate surface area is 104 Å². The van der Waals surface area contributed by atoms with E-state index in [1.807, 2.05) is 12.1 Å². The van der Waals surface area contributed by atoms with E-state index in [9.17, 15) is 0 Å². The molecule has 1 aromatic rings. The number of hydrogen-bond acceptors (Lipinski definition) is 2. The van der Waals surface area contributed by atoms with Gasteiger partial charge in [0, 0.05) is 17.6 Å². The van der Waals surface area contributed by atoms with E-state index in [2.05, 4.69) is 36.5 Å². The largest absolute Gasteiger partial charge is 0.496 e. The van der Waals surface area contributed by atoms with Crippen molar-refractivity contribution in [3.63, 3.8) is 0 Å². The summed E-state index contributed by atoms with van der Waals surface area (Å²) in [6, 6.07) is 9.26. The van der Waals surface area contributed by atoms with Crippen molar-refractivity contribution in [3.05, 3.63) is 42.0 Å². The standard InChI is InChI=1S/C15H21NO/c1-3-14(16-12-8-4-5-9-12)13-10-6-7-11-15(13)17-2/h4-7,10-12,14,16H,3,8-9H2,1-2H3. The number of benzene rings is 1. The molecule has 0 spiro atoms. The molecule has 2 nitrogen and oxygen atoms in total. The molecule has 17 heavy (non-hydrogen) atoms. The van der Waals surface area contributed by atoms with Crippen molar-refractivity contribution in [2.24, 2.45) is 0 Å². The van der Waals surface area contributed by atoms with Crippen molar-refractivity contribution in [1.82, 2.24) is 5.32 Å². The number of methoxy groups -OCH3 is 1. The van der Waals surface area contributed by atoms with Crippen molar-refractivity contribution < 1.29 is 4.74 Å². The highest BCUT2D eigenvalue weighted by molar-refractivity contribution is 5.36. The van der Waals surface area contributed by atoms with Gasteiger partial charge in [0.2, 0.25) is 0 Å². The lowest BCUT2D eigenvalue weighted by Crippen LogP contribution is -2.30. The quantitative estimate of drug-likeness (QED) is 0.784. The highest BCUT2D eigenvalue weighted by atomic mass is 16.5. The van der Waals surface area contributed by atoms with Crippen LogP contribution in [0.3, 0.4) is 0 Å². The summed E-state index contributed by atoms with van der Waals surface area (Å²) in [4.78, 5) is 0. The molecule has 1 N–H and O–H groups in total. The minimum Gasteiger partial charge on any atom is -0.496 e. The van der Waals surface area contributed by atoms with Crippen LogP contribution in [0.25, 0.3) is 0 Å². The topological polar surface area (TPSA) is 21.3 Å². The molecule has 2 rings (SSSR count). The van der Waals surface area contributed by atoms with Gasteiger partial charge in [0.1, 0.15) is 5.75 Å². The Bertz CT molecular complexity index is 378. The molecule has 0 radical (unpaired) electrons. The van der Waals surface area contributed by atoms with Crippen LogP contribution in [0.5, 0.6) is 5.75 Å². The molecule has 1 aliphatic carbocycles. The molecule has 1 unspecified atom stereocenters. The fourth-order valence-corrected chi connectivity index (χ4v) is 2.42. The predicted molar refractivity (Wildman–Crippen MR) is 71.3 cm³/mol. The summed E-state index contributed by atoms with van der Waals surface area (Å²) in [7, 11) is 1.74. The first kappa shape index (κ1) is 12.2. The van der Waals surface area contributed by atoms with Gasteiger partial charge < -0.3 is 10.1 Å². The molecular formula is C15H21NO. The van der Waals surface area contributed by atoms with E-state index in [0.717, 1.165) is 25.0 Å². The normalized spacial score (nSPS) is 17.3. The van der Waals surface area contributed by atoms with Crippen LogP contribution in [0.2, 0.25) is 0 Å². The maximum absolute atomic E-state index is 5.44. The smallest absolute Gasteiger partial charge is 0.123 e. The molecule has 0 saturated heterocycles. The first-order valence-electron chi connectivity index (χ1n) is 6.39. The number of ether oxygens (including phenoxy) is 1. The molecule has 1 aromatic carbocycles. The Morgan fingerprint density at radius 3 is 2.65 bits per heavy atom. The average Bonchev–Trinajstić information content (AvgIpc) is 2.89. The molecule has 0 heterocycles. The molecule has 2 heteroatoms. The molecule has 0 amide bonds. The van der Waals surface area contributed by atoms with Crippen LogP contribution < -0.4 is 10.1 Å². The molecule has 0 bridgehead atoms. The van der Waals surface area contributed by atoms with Gasteiger partial charge in [-0.25, -0.2) is 0 Å². The second kappa shape index (κ2) is 5.87. The summed E-state index contributed by atoms with van der Waals surface area (Å²) >= 11 is 0. The summed E-state index contributed by atoms with van der Waals surface area (Å²) in [6.45, 7) is 2.21. The van der Waals surface area contributed by atoms with Gasteiger partial charge >= 0.3 is 0 Å². The monoisotopic (exact) mass is 231 g/mol. The zero-order chi connectivity index (χ0) is 12.1. The van der Waals surface area contributed by atoms with Gasteiger partial charge in [0.25, 0.3) is 0 Å². The van der Waals surface area contributed by atoms with Gasteiger partial charge in [-0.1, -0.05) is 37.3 Å². The van der Waals surface area contributed by atoms with Crippen molar-refractivity contribution in [2.45, 2.75) is 38.3 Å². The van der Waals surface area contributed by atoms with Crippen LogP contribution in [0, 0.1) is 0 Å². The lowest BCUT2D eigenvalue weighted by molar-refractivity contribution is 0.385. The first-order valence-corrected chi connectivity index (χ1v) is 6.39. The van der Waals surface area contributed by atoms with Gasteiger partial charge in [-0.2, -0.15) is 0 Å². The second-order valence-electron chi connectivity index (χ2n) is 4.51. The fraction of sp³-hybridized carbons (Fsp3) is 0.467. The van der Waals surface area contributed by atoms with Gasteiger partial charge in [-0.3, -0.25) is 0 Å². The highest BCUT2D eigenvalue weighted by Crippen LogP contribution is 2.28. The minimum absolute atomic E-state index is 0.385. The Morgan fingerprint density at radius 1 is 1.29 bits per heavy atom. The molecule has 0 fully saturated rings. The average molecular weight is 231 g/mol. The van der Waals surface area contributed by atoms with Crippen LogP contribution in [-0.2, 0) is 0 Å². The number of hydrogen-bond donors (Lipinski definition) is 1. The van der Waals surface area contributed by atoms with Gasteiger partial charge in [0.15, 0.2) is 0 Å². The van der Waals surface area contributed by atoms with Crippen LogP contribution in [0.1, 0.15) is 37.8 Å². The van der Waals surface area contributed by atoms with E-state index in [0.29, 0.717) is 12.1 Å². The minimum atomic E-state index is 0.385. The lowest BCUT2D eigenvalue weighted by Gasteiger charge is -2.23. The second-order valence-corrected chi connectivity index (χ2v) is 4.51. The first-order chi connectivity index (χ1) is 8.35. The molecule has 1 atom stereocenters. The van der Waals surface area contributed by atoms with Crippen LogP contribution in [0.15, 0.2) is 36.4 Å². The third kappa shape index (κ3) is 2.89. The Kier molecular flexibility index (Phi) is 4.21. The third-order valence-electron chi connectivity index (χ3n) is 3.37. The van der Waals surface area contributed by atoms with Crippen molar-refractivity contribution in [3.8, 4) is 5.75 Å². The maximum atomic E-state index is 5.44. The molecule has 1 aliphatic rings. The van der Waals surface area contributed by atoms with Crippen molar-refractivity contribution in [2.75, 3.05) is 7.11 Å². The van der Waals surface area contributed by atoms with Crippen molar-refractivity contribution >= 4 is 0 Å².